The van der Waals surface area contributed by atoms with E-state index in [9.17, 15) is 4.39 Å². The number of alkyl halides is 1. The molecule has 0 aliphatic carbocycles. The van der Waals surface area contributed by atoms with Crippen molar-refractivity contribution >= 4 is 0 Å². The SMILES string of the molecule is COCC1CC(F)CCN1. The number of hydrogen-bond donors (Lipinski definition) is 1. The third-order valence-electron chi connectivity index (χ3n) is 1.80. The quantitative estimate of drug-likeness (QED) is 0.621. The molecule has 1 heterocycles. The fourth-order valence-electron chi connectivity index (χ4n) is 1.28. The first-order valence-corrected chi connectivity index (χ1v) is 3.69. The maximum atomic E-state index is 12.7. The number of hydrogen-bond acceptors (Lipinski definition) is 2. The van der Waals surface area contributed by atoms with Crippen molar-refractivity contribution in [3.63, 3.8) is 0 Å². The van der Waals surface area contributed by atoms with E-state index in [1.807, 2.05) is 0 Å². The number of halogens is 1. The van der Waals surface area contributed by atoms with Gasteiger partial charge in [0.2, 0.25) is 0 Å². The van der Waals surface area contributed by atoms with Gasteiger partial charge in [-0.1, -0.05) is 0 Å². The molecule has 0 aromatic carbocycles. The Morgan fingerprint density at radius 2 is 2.50 bits per heavy atom. The summed E-state index contributed by atoms with van der Waals surface area (Å²) in [4.78, 5) is 0. The molecular weight excluding hydrogens is 133 g/mol. The summed E-state index contributed by atoms with van der Waals surface area (Å²) in [6, 6.07) is 0.230. The molecule has 2 nitrogen and oxygen atoms in total. The predicted molar refractivity (Wildman–Crippen MR) is 37.8 cm³/mol. The monoisotopic (exact) mass is 147 g/mol. The lowest BCUT2D eigenvalue weighted by Crippen LogP contribution is -2.41. The molecule has 1 fully saturated rings. The van der Waals surface area contributed by atoms with E-state index in [2.05, 4.69) is 5.32 Å². The second-order valence-electron chi connectivity index (χ2n) is 2.73. The van der Waals surface area contributed by atoms with Gasteiger partial charge in [0.25, 0.3) is 0 Å². The Morgan fingerprint density at radius 1 is 1.70 bits per heavy atom. The van der Waals surface area contributed by atoms with Crippen LogP contribution in [0.5, 0.6) is 0 Å². The van der Waals surface area contributed by atoms with Crippen LogP contribution < -0.4 is 5.32 Å². The molecule has 0 bridgehead atoms. The Bertz CT molecular complexity index is 97.6. The zero-order chi connectivity index (χ0) is 7.40. The van der Waals surface area contributed by atoms with Crippen LogP contribution in [0.1, 0.15) is 12.8 Å². The normalized spacial score (nSPS) is 34.2. The van der Waals surface area contributed by atoms with Gasteiger partial charge in [-0.05, 0) is 19.4 Å². The fourth-order valence-corrected chi connectivity index (χ4v) is 1.28. The summed E-state index contributed by atoms with van der Waals surface area (Å²) in [5.74, 6) is 0. The predicted octanol–water partition coefficient (Wildman–Crippen LogP) is 0.723. The van der Waals surface area contributed by atoms with E-state index in [0.29, 0.717) is 19.4 Å². The Balaban J connectivity index is 2.18. The average Bonchev–Trinajstić information content (AvgIpc) is 1.88. The second kappa shape index (κ2) is 3.88. The van der Waals surface area contributed by atoms with E-state index in [1.54, 1.807) is 7.11 Å². The van der Waals surface area contributed by atoms with Crippen LogP contribution in [0.2, 0.25) is 0 Å². The van der Waals surface area contributed by atoms with E-state index in [1.165, 1.54) is 0 Å². The smallest absolute Gasteiger partial charge is 0.103 e. The third kappa shape index (κ3) is 2.23. The first-order chi connectivity index (χ1) is 4.83. The lowest BCUT2D eigenvalue weighted by atomic mass is 10.0. The molecule has 0 aromatic rings. The number of rotatable bonds is 2. The van der Waals surface area contributed by atoms with Crippen molar-refractivity contribution in [1.29, 1.82) is 0 Å². The van der Waals surface area contributed by atoms with Crippen LogP contribution in [-0.2, 0) is 4.74 Å². The van der Waals surface area contributed by atoms with Gasteiger partial charge in [0.05, 0.1) is 6.61 Å². The van der Waals surface area contributed by atoms with Crippen molar-refractivity contribution in [3.8, 4) is 0 Å². The zero-order valence-corrected chi connectivity index (χ0v) is 6.27. The molecule has 0 saturated carbocycles. The van der Waals surface area contributed by atoms with Crippen LogP contribution >= 0.6 is 0 Å². The maximum Gasteiger partial charge on any atom is 0.103 e. The van der Waals surface area contributed by atoms with Crippen LogP contribution in [0, 0.1) is 0 Å². The van der Waals surface area contributed by atoms with Crippen molar-refractivity contribution in [2.45, 2.75) is 25.1 Å². The van der Waals surface area contributed by atoms with Crippen molar-refractivity contribution < 1.29 is 9.13 Å². The molecule has 10 heavy (non-hydrogen) atoms. The number of ether oxygens (including phenoxy) is 1. The van der Waals surface area contributed by atoms with E-state index < -0.39 is 6.17 Å². The van der Waals surface area contributed by atoms with Crippen LogP contribution in [-0.4, -0.2) is 32.5 Å². The van der Waals surface area contributed by atoms with Crippen LogP contribution in [0.25, 0.3) is 0 Å². The van der Waals surface area contributed by atoms with Crippen molar-refractivity contribution in [3.05, 3.63) is 0 Å². The Labute approximate surface area is 60.8 Å². The lowest BCUT2D eigenvalue weighted by molar-refractivity contribution is 0.126. The van der Waals surface area contributed by atoms with E-state index >= 15 is 0 Å². The molecule has 3 heteroatoms. The molecule has 0 radical (unpaired) electrons. The van der Waals surface area contributed by atoms with Gasteiger partial charge >= 0.3 is 0 Å². The van der Waals surface area contributed by atoms with Crippen molar-refractivity contribution in [1.82, 2.24) is 5.32 Å². The summed E-state index contributed by atoms with van der Waals surface area (Å²) in [5.41, 5.74) is 0. The van der Waals surface area contributed by atoms with E-state index in [4.69, 9.17) is 4.74 Å². The Morgan fingerprint density at radius 3 is 3.10 bits per heavy atom. The molecule has 1 aliphatic rings. The molecular formula is C7H14FNO. The van der Waals surface area contributed by atoms with Gasteiger partial charge in [-0.2, -0.15) is 0 Å². The van der Waals surface area contributed by atoms with Gasteiger partial charge in [-0.15, -0.1) is 0 Å². The minimum Gasteiger partial charge on any atom is -0.383 e. The molecule has 0 amide bonds. The van der Waals surface area contributed by atoms with Crippen molar-refractivity contribution in [2.24, 2.45) is 0 Å². The lowest BCUT2D eigenvalue weighted by Gasteiger charge is -2.25. The first kappa shape index (κ1) is 7.95. The van der Waals surface area contributed by atoms with Crippen LogP contribution in [0.15, 0.2) is 0 Å². The largest absolute Gasteiger partial charge is 0.383 e. The molecule has 2 unspecified atom stereocenters. The minimum atomic E-state index is -0.624. The number of nitrogens with one attached hydrogen (secondary N) is 1. The Kier molecular flexibility index (Phi) is 3.09. The maximum absolute atomic E-state index is 12.7. The molecule has 1 saturated heterocycles. The van der Waals surface area contributed by atoms with Gasteiger partial charge in [0.15, 0.2) is 0 Å². The molecule has 1 N–H and O–H groups in total. The third-order valence-corrected chi connectivity index (χ3v) is 1.80. The standard InChI is InChI=1S/C7H14FNO/c1-10-5-7-4-6(8)2-3-9-7/h6-7,9H,2-5H2,1H3. The summed E-state index contributed by atoms with van der Waals surface area (Å²) in [6.07, 6.45) is 0.634. The highest BCUT2D eigenvalue weighted by Gasteiger charge is 2.19. The zero-order valence-electron chi connectivity index (χ0n) is 6.27. The van der Waals surface area contributed by atoms with Gasteiger partial charge < -0.3 is 10.1 Å². The topological polar surface area (TPSA) is 21.3 Å². The fraction of sp³-hybridized carbons (Fsp3) is 1.00. The second-order valence-corrected chi connectivity index (χ2v) is 2.73. The molecule has 0 aromatic heterocycles. The van der Waals surface area contributed by atoms with Gasteiger partial charge in [-0.25, -0.2) is 4.39 Å². The summed E-state index contributed by atoms with van der Waals surface area (Å²) in [7, 11) is 1.64. The van der Waals surface area contributed by atoms with Crippen LogP contribution in [0.4, 0.5) is 4.39 Å². The van der Waals surface area contributed by atoms with Gasteiger partial charge in [0, 0.05) is 13.2 Å². The molecule has 60 valence electrons. The molecule has 0 spiro atoms. The Hall–Kier alpha value is -0.150. The van der Waals surface area contributed by atoms with Crippen molar-refractivity contribution in [2.75, 3.05) is 20.3 Å². The summed E-state index contributed by atoms with van der Waals surface area (Å²) in [5, 5.41) is 3.19. The van der Waals surface area contributed by atoms with Gasteiger partial charge in [0.1, 0.15) is 6.17 Å². The highest BCUT2D eigenvalue weighted by molar-refractivity contribution is 4.77. The molecule has 1 aliphatic heterocycles. The first-order valence-electron chi connectivity index (χ1n) is 3.69. The molecule has 1 rings (SSSR count). The van der Waals surface area contributed by atoms with Gasteiger partial charge in [-0.3, -0.25) is 0 Å². The van der Waals surface area contributed by atoms with E-state index in [0.717, 1.165) is 6.54 Å². The summed E-state index contributed by atoms with van der Waals surface area (Å²) in [6.45, 7) is 1.41. The van der Waals surface area contributed by atoms with Crippen LogP contribution in [0.3, 0.4) is 0 Å². The average molecular weight is 147 g/mol. The summed E-state index contributed by atoms with van der Waals surface area (Å²) >= 11 is 0. The highest BCUT2D eigenvalue weighted by atomic mass is 19.1. The summed E-state index contributed by atoms with van der Waals surface area (Å²) < 4.78 is 17.6. The van der Waals surface area contributed by atoms with E-state index in [-0.39, 0.29) is 6.04 Å². The molecule has 2 atom stereocenters. The number of methoxy groups -OCH3 is 1. The minimum absolute atomic E-state index is 0.230. The number of piperidine rings is 1. The highest BCUT2D eigenvalue weighted by Crippen LogP contribution is 2.11.